The largest absolute Gasteiger partial charge is 0.493 e. The molecule has 136 valence electrons. The Labute approximate surface area is 150 Å². The van der Waals surface area contributed by atoms with Crippen molar-refractivity contribution in [3.05, 3.63) is 34.9 Å². The van der Waals surface area contributed by atoms with E-state index in [0.29, 0.717) is 24.9 Å². The van der Waals surface area contributed by atoms with Gasteiger partial charge in [0.1, 0.15) is 5.75 Å². The van der Waals surface area contributed by atoms with Crippen molar-refractivity contribution in [1.82, 2.24) is 4.90 Å². The van der Waals surface area contributed by atoms with Gasteiger partial charge in [0.15, 0.2) is 0 Å². The molecule has 0 aromatic heterocycles. The molecule has 1 heterocycles. The Balaban J connectivity index is 1.63. The molecule has 1 aliphatic heterocycles. The molecule has 4 nitrogen and oxygen atoms in total. The number of aliphatic carboxylic acids is 1. The topological polar surface area (TPSA) is 49.8 Å². The monoisotopic (exact) mass is 343 g/mol. The van der Waals surface area contributed by atoms with Gasteiger partial charge in [-0.3, -0.25) is 9.69 Å². The fourth-order valence-corrected chi connectivity index (χ4v) is 3.46. The molecule has 1 saturated heterocycles. The van der Waals surface area contributed by atoms with Crippen LogP contribution in [0.4, 0.5) is 0 Å². The molecule has 1 aromatic carbocycles. The van der Waals surface area contributed by atoms with Crippen molar-refractivity contribution in [3.63, 3.8) is 0 Å². The number of rotatable bonds is 7. The number of carboxylic acids is 1. The van der Waals surface area contributed by atoms with Crippen molar-refractivity contribution in [2.45, 2.75) is 33.6 Å². The fraction of sp³-hybridized carbons (Fsp3) is 0.571. The smallest absolute Gasteiger partial charge is 0.309 e. The highest BCUT2D eigenvalue weighted by Gasteiger charge is 2.33. The van der Waals surface area contributed by atoms with Gasteiger partial charge in [0.2, 0.25) is 0 Å². The Hall–Kier alpha value is -1.81. The first-order chi connectivity index (χ1) is 12.0. The molecule has 25 heavy (non-hydrogen) atoms. The predicted molar refractivity (Wildman–Crippen MR) is 99.8 cm³/mol. The molecule has 3 rings (SSSR count). The third-order valence-electron chi connectivity index (χ3n) is 5.56. The lowest BCUT2D eigenvalue weighted by atomic mass is 9.83. The van der Waals surface area contributed by atoms with Crippen LogP contribution in [-0.2, 0) is 11.2 Å². The van der Waals surface area contributed by atoms with E-state index in [1.165, 1.54) is 16.7 Å². The van der Waals surface area contributed by atoms with Gasteiger partial charge in [0.05, 0.1) is 12.5 Å². The van der Waals surface area contributed by atoms with Crippen molar-refractivity contribution < 1.29 is 14.6 Å². The average molecular weight is 343 g/mol. The SMILES string of the molecule is CCC(C)COc1ccc2c(c1)C[C@@H](C)C(CN1CC(C(=O)O)C1)=C2. The molecule has 0 bridgehead atoms. The maximum Gasteiger partial charge on any atom is 0.309 e. The lowest BCUT2D eigenvalue weighted by molar-refractivity contribution is -0.147. The minimum atomic E-state index is -0.669. The maximum atomic E-state index is 10.9. The quantitative estimate of drug-likeness (QED) is 0.820. The molecule has 2 aliphatic rings. The summed E-state index contributed by atoms with van der Waals surface area (Å²) in [6, 6.07) is 6.41. The molecule has 0 amide bonds. The van der Waals surface area contributed by atoms with E-state index in [9.17, 15) is 4.79 Å². The highest BCUT2D eigenvalue weighted by atomic mass is 16.5. The van der Waals surface area contributed by atoms with Gasteiger partial charge in [-0.2, -0.15) is 0 Å². The van der Waals surface area contributed by atoms with Crippen LogP contribution in [0.2, 0.25) is 0 Å². The van der Waals surface area contributed by atoms with E-state index in [2.05, 4.69) is 49.9 Å². The van der Waals surface area contributed by atoms with Crippen molar-refractivity contribution in [3.8, 4) is 5.75 Å². The predicted octanol–water partition coefficient (Wildman–Crippen LogP) is 3.70. The number of fused-ring (bicyclic) bond motifs is 1. The zero-order valence-electron chi connectivity index (χ0n) is 15.5. The van der Waals surface area contributed by atoms with Crippen LogP contribution in [0.25, 0.3) is 6.08 Å². The fourth-order valence-electron chi connectivity index (χ4n) is 3.46. The summed E-state index contributed by atoms with van der Waals surface area (Å²) in [6.07, 6.45) is 4.45. The molecule has 2 atom stereocenters. The number of nitrogens with zero attached hydrogens (tertiary/aromatic N) is 1. The average Bonchev–Trinajstić information content (AvgIpc) is 2.55. The van der Waals surface area contributed by atoms with Crippen LogP contribution in [0.15, 0.2) is 23.8 Å². The van der Waals surface area contributed by atoms with E-state index in [0.717, 1.165) is 31.7 Å². The van der Waals surface area contributed by atoms with E-state index in [-0.39, 0.29) is 5.92 Å². The first-order valence-corrected chi connectivity index (χ1v) is 9.37. The molecule has 0 spiro atoms. The molecular formula is C21H29NO3. The van der Waals surface area contributed by atoms with Crippen LogP contribution in [0, 0.1) is 17.8 Å². The van der Waals surface area contributed by atoms with Crippen LogP contribution in [0.3, 0.4) is 0 Å². The zero-order valence-corrected chi connectivity index (χ0v) is 15.5. The molecule has 4 heteroatoms. The first kappa shape index (κ1) is 18.0. The van der Waals surface area contributed by atoms with Crippen LogP contribution >= 0.6 is 0 Å². The molecule has 1 N–H and O–H groups in total. The van der Waals surface area contributed by atoms with Crippen molar-refractivity contribution >= 4 is 12.0 Å². The van der Waals surface area contributed by atoms with Gasteiger partial charge in [0, 0.05) is 19.6 Å². The standard InChI is InChI=1S/C21H29NO3/c1-4-14(2)13-25-20-6-5-16-8-18(15(3)7-17(16)9-20)10-22-11-19(12-22)21(23)24/h5-6,8-9,14-15,19H,4,7,10-13H2,1-3H3,(H,23,24)/t14?,15-/m1/s1. The summed E-state index contributed by atoms with van der Waals surface area (Å²) < 4.78 is 5.93. The summed E-state index contributed by atoms with van der Waals surface area (Å²) in [5, 5.41) is 9.01. The molecular weight excluding hydrogens is 314 g/mol. The lowest BCUT2D eigenvalue weighted by Crippen LogP contribution is -2.51. The third kappa shape index (κ3) is 4.24. The van der Waals surface area contributed by atoms with Crippen LogP contribution in [-0.4, -0.2) is 42.2 Å². The highest BCUT2D eigenvalue weighted by Crippen LogP contribution is 2.32. The number of ether oxygens (including phenoxy) is 1. The number of likely N-dealkylation sites (tertiary alicyclic amines) is 1. The Morgan fingerprint density at radius 2 is 2.16 bits per heavy atom. The summed E-state index contributed by atoms with van der Waals surface area (Å²) in [5.41, 5.74) is 4.04. The number of carbonyl (C=O) groups is 1. The second-order valence-corrected chi connectivity index (χ2v) is 7.74. The molecule has 1 aliphatic carbocycles. The minimum Gasteiger partial charge on any atom is -0.493 e. The van der Waals surface area contributed by atoms with E-state index < -0.39 is 5.97 Å². The Morgan fingerprint density at radius 3 is 2.84 bits per heavy atom. The molecule has 1 unspecified atom stereocenters. The summed E-state index contributed by atoms with van der Waals surface area (Å²) in [7, 11) is 0. The van der Waals surface area contributed by atoms with E-state index in [1.54, 1.807) is 0 Å². The van der Waals surface area contributed by atoms with Gasteiger partial charge in [-0.1, -0.05) is 44.9 Å². The summed E-state index contributed by atoms with van der Waals surface area (Å²) in [6.45, 7) is 9.66. The van der Waals surface area contributed by atoms with Gasteiger partial charge >= 0.3 is 5.97 Å². The number of hydrogen-bond donors (Lipinski definition) is 1. The van der Waals surface area contributed by atoms with E-state index >= 15 is 0 Å². The van der Waals surface area contributed by atoms with Crippen LogP contribution in [0.1, 0.15) is 38.3 Å². The summed E-state index contributed by atoms with van der Waals surface area (Å²) >= 11 is 0. The third-order valence-corrected chi connectivity index (χ3v) is 5.56. The summed E-state index contributed by atoms with van der Waals surface area (Å²) in [5.74, 6) is 1.18. The molecule has 1 aromatic rings. The second kappa shape index (κ2) is 7.61. The number of hydrogen-bond acceptors (Lipinski definition) is 3. The van der Waals surface area contributed by atoms with Gasteiger partial charge in [-0.05, 0) is 41.5 Å². The molecule has 1 fully saturated rings. The van der Waals surface area contributed by atoms with Gasteiger partial charge in [-0.25, -0.2) is 0 Å². The molecule has 0 radical (unpaired) electrons. The van der Waals surface area contributed by atoms with Crippen LogP contribution < -0.4 is 4.74 Å². The summed E-state index contributed by atoms with van der Waals surface area (Å²) in [4.78, 5) is 13.2. The number of benzene rings is 1. The highest BCUT2D eigenvalue weighted by molar-refractivity contribution is 5.71. The number of carboxylic acid groups (broad SMARTS) is 1. The van der Waals surface area contributed by atoms with Gasteiger partial charge in [0.25, 0.3) is 0 Å². The van der Waals surface area contributed by atoms with E-state index in [1.807, 2.05) is 0 Å². The Morgan fingerprint density at radius 1 is 1.40 bits per heavy atom. The first-order valence-electron chi connectivity index (χ1n) is 9.37. The van der Waals surface area contributed by atoms with Gasteiger partial charge in [-0.15, -0.1) is 0 Å². The van der Waals surface area contributed by atoms with Crippen LogP contribution in [0.5, 0.6) is 5.75 Å². The van der Waals surface area contributed by atoms with Gasteiger partial charge < -0.3 is 9.84 Å². The minimum absolute atomic E-state index is 0.183. The normalized spacial score (nSPS) is 21.9. The maximum absolute atomic E-state index is 10.9. The zero-order chi connectivity index (χ0) is 18.0. The van der Waals surface area contributed by atoms with Crippen molar-refractivity contribution in [2.24, 2.45) is 17.8 Å². The second-order valence-electron chi connectivity index (χ2n) is 7.74. The van der Waals surface area contributed by atoms with E-state index in [4.69, 9.17) is 9.84 Å². The van der Waals surface area contributed by atoms with Crippen molar-refractivity contribution in [2.75, 3.05) is 26.2 Å². The Kier molecular flexibility index (Phi) is 5.48. The lowest BCUT2D eigenvalue weighted by Gasteiger charge is -2.38. The molecule has 0 saturated carbocycles. The van der Waals surface area contributed by atoms with Crippen molar-refractivity contribution in [1.29, 1.82) is 0 Å². The Bertz CT molecular complexity index is 661.